The van der Waals surface area contributed by atoms with Crippen molar-refractivity contribution in [2.24, 2.45) is 0 Å². The molecule has 0 amide bonds. The maximum Gasteiger partial charge on any atom is 2.00 e. The number of rotatable bonds is 2. The quantitative estimate of drug-likeness (QED) is 0.325. The molecular weight excluding hydrogens is 445 g/mol. The average Bonchev–Trinajstić information content (AvgIpc) is 2.39. The monoisotopic (exact) mass is 466 g/mol. The second kappa shape index (κ2) is 16.5. The molecule has 25 heavy (non-hydrogen) atoms. The molecule has 2 aromatic rings. The molecule has 0 spiro atoms. The zero-order valence-electron chi connectivity index (χ0n) is 12.9. The molecule has 0 fully saturated rings. The van der Waals surface area contributed by atoms with E-state index >= 15 is 0 Å². The summed E-state index contributed by atoms with van der Waals surface area (Å²) in [6, 6.07) is 2.05. The normalized spacial score (nSPS) is 7.36. The van der Waals surface area contributed by atoms with Crippen LogP contribution in [0.5, 0.6) is 11.5 Å². The topological polar surface area (TPSA) is 278 Å². The molecule has 136 valence electrons. The molecule has 0 aliphatic heterocycles. The van der Waals surface area contributed by atoms with Gasteiger partial charge in [0.2, 0.25) is 0 Å². The molecule has 0 unspecified atom stereocenters. The van der Waals surface area contributed by atoms with Gasteiger partial charge in [-0.15, -0.1) is 0 Å². The number of nitrogens with zero attached hydrogens (tertiary/aromatic N) is 2. The van der Waals surface area contributed by atoms with Gasteiger partial charge in [-0.1, -0.05) is 23.6 Å². The Hall–Kier alpha value is -2.40. The van der Waals surface area contributed by atoms with Crippen molar-refractivity contribution in [3.05, 3.63) is 48.0 Å². The Labute approximate surface area is 160 Å². The SMILES string of the molecule is O=C(O)c1cncc([O-])c1.O=C(O)c1cncc([O-])c1.[Cd+2].[OH3+].[OH3+].[OH3+].[OH3+]. The van der Waals surface area contributed by atoms with Crippen LogP contribution >= 0.6 is 0 Å². The predicted molar refractivity (Wildman–Crippen MR) is 80.8 cm³/mol. The summed E-state index contributed by atoms with van der Waals surface area (Å²) in [4.78, 5) is 27.2. The van der Waals surface area contributed by atoms with Crippen molar-refractivity contribution >= 4 is 11.9 Å². The molecule has 2 heterocycles. The maximum absolute atomic E-state index is 10.5. The van der Waals surface area contributed by atoms with E-state index in [2.05, 4.69) is 9.97 Å². The fourth-order valence-electron chi connectivity index (χ4n) is 1.07. The van der Waals surface area contributed by atoms with Crippen LogP contribution in [0.3, 0.4) is 0 Å². The zero-order valence-corrected chi connectivity index (χ0v) is 16.9. The van der Waals surface area contributed by atoms with Gasteiger partial charge >= 0.3 is 39.2 Å². The molecule has 12 nitrogen and oxygen atoms in total. The van der Waals surface area contributed by atoms with E-state index in [1.165, 1.54) is 0 Å². The van der Waals surface area contributed by atoms with Crippen LogP contribution in [0, 0.1) is 0 Å². The summed E-state index contributed by atoms with van der Waals surface area (Å²) < 4.78 is 0. The summed E-state index contributed by atoms with van der Waals surface area (Å²) >= 11 is 0. The minimum absolute atomic E-state index is 0. The van der Waals surface area contributed by atoms with E-state index in [0.717, 1.165) is 36.9 Å². The van der Waals surface area contributed by atoms with Crippen molar-refractivity contribution in [2.75, 3.05) is 0 Å². The molecular formula is C12H20CdN2O10+4. The van der Waals surface area contributed by atoms with Gasteiger partial charge in [0.25, 0.3) is 0 Å². The molecule has 0 aromatic carbocycles. The van der Waals surface area contributed by atoms with Crippen LogP contribution in [0.1, 0.15) is 20.7 Å². The molecule has 0 atom stereocenters. The third kappa shape index (κ3) is 12.7. The van der Waals surface area contributed by atoms with Crippen molar-refractivity contribution in [2.45, 2.75) is 0 Å². The molecule has 0 radical (unpaired) electrons. The third-order valence-electron chi connectivity index (χ3n) is 1.92. The summed E-state index contributed by atoms with van der Waals surface area (Å²) in [5.41, 5.74) is -0.153. The minimum atomic E-state index is -1.13. The third-order valence-corrected chi connectivity index (χ3v) is 1.92. The number of carboxylic acids is 2. The number of carbonyl (C=O) groups is 2. The number of hydrogen-bond donors (Lipinski definition) is 2. The maximum atomic E-state index is 10.5. The van der Waals surface area contributed by atoms with E-state index in [0.29, 0.717) is 0 Å². The summed E-state index contributed by atoms with van der Waals surface area (Å²) in [6.45, 7) is 0. The second-order valence-electron chi connectivity index (χ2n) is 3.43. The first-order valence-electron chi connectivity index (χ1n) is 5.11. The Bertz CT molecular complexity index is 585. The average molecular weight is 465 g/mol. The molecule has 2 rings (SSSR count). The number of carboxylic acid groups (broad SMARTS) is 2. The van der Waals surface area contributed by atoms with Gasteiger partial charge in [-0.25, -0.2) is 9.59 Å². The fraction of sp³-hybridized carbons (Fsp3) is 0. The molecule has 0 saturated carbocycles. The predicted octanol–water partition coefficient (Wildman–Crippen LogP) is -3.98. The number of pyridine rings is 2. The molecule has 14 N–H and O–H groups in total. The van der Waals surface area contributed by atoms with E-state index in [1.807, 2.05) is 0 Å². The Kier molecular flexibility index (Phi) is 22.4. The van der Waals surface area contributed by atoms with E-state index in [4.69, 9.17) is 10.2 Å². The van der Waals surface area contributed by atoms with Gasteiger partial charge in [0.15, 0.2) is 0 Å². The smallest absolute Gasteiger partial charge is 0.871 e. The van der Waals surface area contributed by atoms with Crippen LogP contribution in [-0.4, -0.2) is 32.1 Å². The summed E-state index contributed by atoms with van der Waals surface area (Å²) in [6.07, 6.45) is 4.38. The van der Waals surface area contributed by atoms with Crippen LogP contribution in [0.25, 0.3) is 0 Å². The summed E-state index contributed by atoms with van der Waals surface area (Å²) in [5, 5.41) is 37.6. The van der Waals surface area contributed by atoms with Gasteiger partial charge in [-0.2, -0.15) is 0 Å². The molecule has 0 aliphatic carbocycles. The number of aromatic carboxylic acids is 2. The summed E-state index contributed by atoms with van der Waals surface area (Å²) in [5.74, 6) is -3.05. The molecule has 2 aromatic heterocycles. The first kappa shape index (κ1) is 34.0. The molecule has 13 heteroatoms. The van der Waals surface area contributed by atoms with Gasteiger partial charge in [0.1, 0.15) is 0 Å². The standard InChI is InChI=1S/2C6H5NO3.Cd.4H2O/c2*8-5-1-4(6(9)10)2-7-3-5;;;;;/h2*1-3,8H,(H,9,10);;4*1H2/q;;+2;;;;/p+2. The number of hydrogen-bond acceptors (Lipinski definition) is 6. The fourth-order valence-corrected chi connectivity index (χ4v) is 1.07. The Morgan fingerprint density at radius 3 is 1.16 bits per heavy atom. The molecule has 0 aliphatic rings. The van der Waals surface area contributed by atoms with E-state index < -0.39 is 11.9 Å². The van der Waals surface area contributed by atoms with E-state index in [9.17, 15) is 19.8 Å². The molecule has 0 bridgehead atoms. The largest absolute Gasteiger partial charge is 2.00 e. The Balaban J connectivity index is -0.0000000889. The first-order valence-corrected chi connectivity index (χ1v) is 5.11. The molecule has 0 saturated heterocycles. The van der Waals surface area contributed by atoms with Gasteiger partial charge < -0.3 is 42.3 Å². The van der Waals surface area contributed by atoms with Crippen LogP contribution in [-0.2, 0) is 49.2 Å². The Morgan fingerprint density at radius 1 is 0.720 bits per heavy atom. The van der Waals surface area contributed by atoms with Crippen LogP contribution in [0.15, 0.2) is 36.9 Å². The number of aromatic nitrogens is 2. The van der Waals surface area contributed by atoms with Crippen molar-refractivity contribution in [3.8, 4) is 11.5 Å². The second-order valence-corrected chi connectivity index (χ2v) is 3.43. The van der Waals surface area contributed by atoms with Crippen molar-refractivity contribution in [3.63, 3.8) is 0 Å². The van der Waals surface area contributed by atoms with Crippen molar-refractivity contribution in [1.82, 2.24) is 9.97 Å². The van der Waals surface area contributed by atoms with Crippen LogP contribution < -0.4 is 10.2 Å². The van der Waals surface area contributed by atoms with Gasteiger partial charge in [0, 0.05) is 24.8 Å². The Morgan fingerprint density at radius 2 is 1.00 bits per heavy atom. The summed E-state index contributed by atoms with van der Waals surface area (Å²) in [7, 11) is 0. The van der Waals surface area contributed by atoms with Crippen LogP contribution in [0.4, 0.5) is 0 Å². The van der Waals surface area contributed by atoms with E-state index in [1.54, 1.807) is 0 Å². The van der Waals surface area contributed by atoms with Crippen molar-refractivity contribution < 1.29 is 79.2 Å². The van der Waals surface area contributed by atoms with Gasteiger partial charge in [-0.3, -0.25) is 9.97 Å². The first-order chi connectivity index (χ1) is 9.40. The van der Waals surface area contributed by atoms with Crippen LogP contribution in [0.2, 0.25) is 0 Å². The van der Waals surface area contributed by atoms with Gasteiger partial charge in [-0.05, 0) is 0 Å². The van der Waals surface area contributed by atoms with E-state index in [-0.39, 0.29) is 71.8 Å². The zero-order chi connectivity index (χ0) is 15.1. The van der Waals surface area contributed by atoms with Crippen molar-refractivity contribution in [1.29, 1.82) is 0 Å². The minimum Gasteiger partial charge on any atom is -0.871 e. The van der Waals surface area contributed by atoms with Gasteiger partial charge in [0.05, 0.1) is 11.1 Å².